The van der Waals surface area contributed by atoms with Crippen molar-refractivity contribution in [1.82, 2.24) is 5.43 Å². The van der Waals surface area contributed by atoms with Crippen LogP contribution in [0.2, 0.25) is 0 Å². The van der Waals surface area contributed by atoms with Gasteiger partial charge in [-0.05, 0) is 36.8 Å². The zero-order valence-electron chi connectivity index (χ0n) is 11.9. The molecule has 0 radical (unpaired) electrons. The van der Waals surface area contributed by atoms with Gasteiger partial charge in [-0.15, -0.1) is 0 Å². The highest BCUT2D eigenvalue weighted by Crippen LogP contribution is 2.32. The molecular weight excluding hydrogens is 284 g/mol. The standard InChI is InChI=1S/C16H14N2O4/c1-9-13(15(19)18-17-9)8-12-5-6-14(22-12)10-3-2-4-11(7-10)16(20)21/h2-5,7-8,14H,6H2,1H3,(H,18,19)(H,20,21)/b13-8+. The van der Waals surface area contributed by atoms with E-state index in [4.69, 9.17) is 9.84 Å². The average Bonchev–Trinajstić information content (AvgIpc) is 3.10. The van der Waals surface area contributed by atoms with Crippen LogP contribution < -0.4 is 5.43 Å². The van der Waals surface area contributed by atoms with Crippen molar-refractivity contribution in [2.45, 2.75) is 19.4 Å². The van der Waals surface area contributed by atoms with Gasteiger partial charge in [-0.2, -0.15) is 5.10 Å². The van der Waals surface area contributed by atoms with Crippen molar-refractivity contribution >= 4 is 17.6 Å². The first-order valence-corrected chi connectivity index (χ1v) is 6.81. The monoisotopic (exact) mass is 298 g/mol. The Kier molecular flexibility index (Phi) is 3.50. The molecule has 2 N–H and O–H groups in total. The Morgan fingerprint density at radius 1 is 1.50 bits per heavy atom. The van der Waals surface area contributed by atoms with Crippen LogP contribution in [0.3, 0.4) is 0 Å². The molecule has 1 unspecified atom stereocenters. The minimum Gasteiger partial charge on any atom is -0.486 e. The third kappa shape index (κ3) is 2.63. The highest BCUT2D eigenvalue weighted by molar-refractivity contribution is 6.24. The number of carboxylic acid groups (broad SMARTS) is 1. The summed E-state index contributed by atoms with van der Waals surface area (Å²) in [6.45, 7) is 1.74. The van der Waals surface area contributed by atoms with Crippen molar-refractivity contribution in [3.8, 4) is 0 Å². The van der Waals surface area contributed by atoms with Crippen molar-refractivity contribution < 1.29 is 19.4 Å². The summed E-state index contributed by atoms with van der Waals surface area (Å²) in [5.74, 6) is -0.629. The Morgan fingerprint density at radius 3 is 3.00 bits per heavy atom. The van der Waals surface area contributed by atoms with Crippen molar-refractivity contribution in [2.24, 2.45) is 5.10 Å². The number of aromatic carboxylic acids is 1. The van der Waals surface area contributed by atoms with E-state index in [0.29, 0.717) is 23.5 Å². The van der Waals surface area contributed by atoms with Crippen LogP contribution in [0.25, 0.3) is 0 Å². The van der Waals surface area contributed by atoms with Crippen LogP contribution >= 0.6 is 0 Å². The van der Waals surface area contributed by atoms with E-state index in [9.17, 15) is 9.59 Å². The number of allylic oxidation sites excluding steroid dienone is 1. The van der Waals surface area contributed by atoms with Gasteiger partial charge in [0.15, 0.2) is 0 Å². The van der Waals surface area contributed by atoms with E-state index in [1.165, 1.54) is 0 Å². The third-order valence-electron chi connectivity index (χ3n) is 3.56. The molecule has 2 heterocycles. The Bertz CT molecular complexity index is 746. The number of ether oxygens (including phenoxy) is 1. The molecule has 1 amide bonds. The van der Waals surface area contributed by atoms with E-state index in [2.05, 4.69) is 10.5 Å². The molecular formula is C16H14N2O4. The Balaban J connectivity index is 1.76. The zero-order chi connectivity index (χ0) is 15.7. The second kappa shape index (κ2) is 5.48. The van der Waals surface area contributed by atoms with Gasteiger partial charge in [-0.1, -0.05) is 12.1 Å². The first-order valence-electron chi connectivity index (χ1n) is 6.81. The van der Waals surface area contributed by atoms with Crippen LogP contribution in [0.4, 0.5) is 0 Å². The fraction of sp³-hybridized carbons (Fsp3) is 0.188. The van der Waals surface area contributed by atoms with Gasteiger partial charge in [0.25, 0.3) is 5.91 Å². The second-order valence-corrected chi connectivity index (χ2v) is 5.08. The molecule has 0 spiro atoms. The molecule has 6 heteroatoms. The number of amides is 1. The summed E-state index contributed by atoms with van der Waals surface area (Å²) in [4.78, 5) is 22.6. The third-order valence-corrected chi connectivity index (χ3v) is 3.56. The summed E-state index contributed by atoms with van der Waals surface area (Å²) in [5.41, 5.74) is 4.51. The molecule has 1 aromatic rings. The number of nitrogens with one attached hydrogen (secondary N) is 1. The number of hydrogen-bond acceptors (Lipinski definition) is 4. The van der Waals surface area contributed by atoms with Gasteiger partial charge in [0.1, 0.15) is 11.9 Å². The van der Waals surface area contributed by atoms with E-state index >= 15 is 0 Å². The number of carboxylic acids is 1. The number of carbonyl (C=O) groups is 2. The van der Waals surface area contributed by atoms with Crippen LogP contribution in [-0.2, 0) is 9.53 Å². The lowest BCUT2D eigenvalue weighted by atomic mass is 10.0. The maximum Gasteiger partial charge on any atom is 0.335 e. The van der Waals surface area contributed by atoms with Crippen molar-refractivity contribution in [2.75, 3.05) is 0 Å². The maximum absolute atomic E-state index is 11.6. The molecule has 0 aliphatic carbocycles. The Morgan fingerprint density at radius 2 is 2.32 bits per heavy atom. The average molecular weight is 298 g/mol. The topological polar surface area (TPSA) is 88.0 Å². The minimum atomic E-state index is -0.968. The van der Waals surface area contributed by atoms with Crippen LogP contribution in [0.15, 0.2) is 52.9 Å². The molecule has 2 aliphatic heterocycles. The number of hydrogen-bond donors (Lipinski definition) is 2. The van der Waals surface area contributed by atoms with Gasteiger partial charge in [0, 0.05) is 6.42 Å². The molecule has 1 aromatic carbocycles. The summed E-state index contributed by atoms with van der Waals surface area (Å²) in [6.07, 6.45) is 3.92. The van der Waals surface area contributed by atoms with Gasteiger partial charge < -0.3 is 9.84 Å². The van der Waals surface area contributed by atoms with E-state index in [1.54, 1.807) is 31.2 Å². The normalized spacial score (nSPS) is 22.1. The number of nitrogens with zero attached hydrogens (tertiary/aromatic N) is 1. The predicted octanol–water partition coefficient (Wildman–Crippen LogP) is 2.16. The quantitative estimate of drug-likeness (QED) is 0.837. The Hall–Kier alpha value is -2.89. The van der Waals surface area contributed by atoms with Gasteiger partial charge in [-0.3, -0.25) is 4.79 Å². The fourth-order valence-corrected chi connectivity index (χ4v) is 2.38. The fourth-order valence-electron chi connectivity index (χ4n) is 2.38. The minimum absolute atomic E-state index is 0.228. The molecule has 3 rings (SSSR count). The largest absolute Gasteiger partial charge is 0.486 e. The van der Waals surface area contributed by atoms with Gasteiger partial charge in [0.2, 0.25) is 0 Å². The molecule has 2 aliphatic rings. The second-order valence-electron chi connectivity index (χ2n) is 5.08. The van der Waals surface area contributed by atoms with Crippen LogP contribution in [-0.4, -0.2) is 22.7 Å². The molecule has 22 heavy (non-hydrogen) atoms. The van der Waals surface area contributed by atoms with Gasteiger partial charge in [0.05, 0.1) is 16.8 Å². The van der Waals surface area contributed by atoms with Gasteiger partial charge in [-0.25, -0.2) is 10.2 Å². The number of rotatable bonds is 3. The molecule has 0 bridgehead atoms. The number of carbonyl (C=O) groups excluding carboxylic acids is 1. The molecule has 1 atom stereocenters. The smallest absolute Gasteiger partial charge is 0.335 e. The summed E-state index contributed by atoms with van der Waals surface area (Å²) in [6, 6.07) is 6.67. The van der Waals surface area contributed by atoms with Crippen molar-refractivity contribution in [3.63, 3.8) is 0 Å². The van der Waals surface area contributed by atoms with E-state index in [-0.39, 0.29) is 17.6 Å². The maximum atomic E-state index is 11.6. The molecule has 0 fully saturated rings. The van der Waals surface area contributed by atoms with Gasteiger partial charge >= 0.3 is 5.97 Å². The number of hydrazone groups is 1. The van der Waals surface area contributed by atoms with Crippen LogP contribution in [0.5, 0.6) is 0 Å². The van der Waals surface area contributed by atoms with Crippen LogP contribution in [0, 0.1) is 0 Å². The number of benzene rings is 1. The summed E-state index contributed by atoms with van der Waals surface area (Å²) < 4.78 is 5.80. The van der Waals surface area contributed by atoms with Crippen molar-refractivity contribution in [1.29, 1.82) is 0 Å². The summed E-state index contributed by atoms with van der Waals surface area (Å²) >= 11 is 0. The molecule has 0 saturated heterocycles. The molecule has 0 aromatic heterocycles. The molecule has 6 nitrogen and oxygen atoms in total. The van der Waals surface area contributed by atoms with E-state index in [0.717, 1.165) is 5.56 Å². The lowest BCUT2D eigenvalue weighted by Crippen LogP contribution is -2.13. The summed E-state index contributed by atoms with van der Waals surface area (Å²) in [7, 11) is 0. The first-order chi connectivity index (χ1) is 10.5. The lowest BCUT2D eigenvalue weighted by molar-refractivity contribution is -0.116. The first kappa shape index (κ1) is 14.1. The molecule has 112 valence electrons. The van der Waals surface area contributed by atoms with E-state index in [1.807, 2.05) is 12.1 Å². The lowest BCUT2D eigenvalue weighted by Gasteiger charge is -2.13. The summed E-state index contributed by atoms with van der Waals surface area (Å²) in [5, 5.41) is 12.9. The van der Waals surface area contributed by atoms with E-state index < -0.39 is 5.97 Å². The van der Waals surface area contributed by atoms with Crippen molar-refractivity contribution in [3.05, 3.63) is 58.9 Å². The van der Waals surface area contributed by atoms with Crippen LogP contribution in [0.1, 0.15) is 35.4 Å². The molecule has 0 saturated carbocycles. The zero-order valence-corrected chi connectivity index (χ0v) is 11.9. The Labute approximate surface area is 126 Å². The predicted molar refractivity (Wildman–Crippen MR) is 79.3 cm³/mol. The highest BCUT2D eigenvalue weighted by atomic mass is 16.5. The highest BCUT2D eigenvalue weighted by Gasteiger charge is 2.24. The SMILES string of the molecule is CC1=NNC(=O)/C1=C/C1=CCC(c2cccc(C(=O)O)c2)O1.